The third-order valence-electron chi connectivity index (χ3n) is 4.17. The van der Waals surface area contributed by atoms with Crippen LogP contribution < -0.4 is 15.4 Å². The smallest absolute Gasteiger partial charge is 0.261 e. The molecule has 1 aliphatic heterocycles. The topological polar surface area (TPSA) is 104 Å². The van der Waals surface area contributed by atoms with E-state index in [1.54, 1.807) is 36.4 Å². The van der Waals surface area contributed by atoms with Crippen molar-refractivity contribution >= 4 is 33.2 Å². The molecule has 2 aromatic carbocycles. The first kappa shape index (κ1) is 19.9. The SMILES string of the molecule is CC(C)(C)NC(=O)c1ccc(NS(=O)(=O)c2ccc3c(c2)CCC(=O)N3)cc1. The highest BCUT2D eigenvalue weighted by molar-refractivity contribution is 7.92. The summed E-state index contributed by atoms with van der Waals surface area (Å²) in [5.41, 5.74) is 1.88. The lowest BCUT2D eigenvalue weighted by Crippen LogP contribution is -2.40. The van der Waals surface area contributed by atoms with E-state index in [0.717, 1.165) is 5.56 Å². The molecule has 3 N–H and O–H groups in total. The Morgan fingerprint density at radius 3 is 2.36 bits per heavy atom. The van der Waals surface area contributed by atoms with Gasteiger partial charge in [0.05, 0.1) is 4.90 Å². The van der Waals surface area contributed by atoms with Gasteiger partial charge in [-0.05, 0) is 75.2 Å². The Morgan fingerprint density at radius 2 is 1.71 bits per heavy atom. The summed E-state index contributed by atoms with van der Waals surface area (Å²) in [6.45, 7) is 5.66. The largest absolute Gasteiger partial charge is 0.347 e. The van der Waals surface area contributed by atoms with Crippen LogP contribution >= 0.6 is 0 Å². The third kappa shape index (κ3) is 4.69. The molecular formula is C20H23N3O4S. The molecule has 148 valence electrons. The number of hydrogen-bond acceptors (Lipinski definition) is 4. The van der Waals surface area contributed by atoms with Crippen LogP contribution in [0, 0.1) is 0 Å². The van der Waals surface area contributed by atoms with Crippen LogP contribution in [0.2, 0.25) is 0 Å². The van der Waals surface area contributed by atoms with Crippen molar-refractivity contribution in [3.05, 3.63) is 53.6 Å². The summed E-state index contributed by atoms with van der Waals surface area (Å²) < 4.78 is 27.9. The maximum absolute atomic E-state index is 12.7. The number of aryl methyl sites for hydroxylation is 1. The van der Waals surface area contributed by atoms with Gasteiger partial charge in [0, 0.05) is 28.9 Å². The van der Waals surface area contributed by atoms with E-state index in [9.17, 15) is 18.0 Å². The predicted molar refractivity (Wildman–Crippen MR) is 108 cm³/mol. The molecule has 7 nitrogen and oxygen atoms in total. The molecule has 0 saturated carbocycles. The van der Waals surface area contributed by atoms with E-state index < -0.39 is 10.0 Å². The van der Waals surface area contributed by atoms with Gasteiger partial charge in [-0.15, -0.1) is 0 Å². The molecule has 0 aliphatic carbocycles. The van der Waals surface area contributed by atoms with Gasteiger partial charge >= 0.3 is 0 Å². The lowest BCUT2D eigenvalue weighted by Gasteiger charge is -2.20. The van der Waals surface area contributed by atoms with Gasteiger partial charge in [0.25, 0.3) is 15.9 Å². The highest BCUT2D eigenvalue weighted by Crippen LogP contribution is 2.26. The van der Waals surface area contributed by atoms with Crippen molar-refractivity contribution in [3.63, 3.8) is 0 Å². The van der Waals surface area contributed by atoms with Gasteiger partial charge in [0.15, 0.2) is 0 Å². The zero-order chi connectivity index (χ0) is 20.5. The normalized spacial score (nSPS) is 14.0. The van der Waals surface area contributed by atoms with E-state index in [1.807, 2.05) is 20.8 Å². The Morgan fingerprint density at radius 1 is 1.04 bits per heavy atom. The van der Waals surface area contributed by atoms with Crippen molar-refractivity contribution in [1.82, 2.24) is 5.32 Å². The fraction of sp³-hybridized carbons (Fsp3) is 0.300. The van der Waals surface area contributed by atoms with Crippen molar-refractivity contribution < 1.29 is 18.0 Å². The fourth-order valence-electron chi connectivity index (χ4n) is 2.84. The van der Waals surface area contributed by atoms with Gasteiger partial charge in [-0.2, -0.15) is 0 Å². The van der Waals surface area contributed by atoms with Crippen LogP contribution in [0.15, 0.2) is 47.4 Å². The molecule has 0 aromatic heterocycles. The molecule has 2 aromatic rings. The van der Waals surface area contributed by atoms with Crippen LogP contribution in [0.25, 0.3) is 0 Å². The number of carbonyl (C=O) groups is 2. The summed E-state index contributed by atoms with van der Waals surface area (Å²) in [7, 11) is -3.79. The van der Waals surface area contributed by atoms with Crippen molar-refractivity contribution in [2.45, 2.75) is 44.0 Å². The molecule has 0 radical (unpaired) electrons. The Balaban J connectivity index is 1.76. The van der Waals surface area contributed by atoms with E-state index in [0.29, 0.717) is 29.8 Å². The lowest BCUT2D eigenvalue weighted by molar-refractivity contribution is -0.116. The van der Waals surface area contributed by atoms with E-state index in [4.69, 9.17) is 0 Å². The van der Waals surface area contributed by atoms with E-state index in [-0.39, 0.29) is 22.2 Å². The molecule has 0 bridgehead atoms. The van der Waals surface area contributed by atoms with E-state index >= 15 is 0 Å². The van der Waals surface area contributed by atoms with Crippen LogP contribution in [0.3, 0.4) is 0 Å². The number of hydrogen-bond donors (Lipinski definition) is 3. The minimum absolute atomic E-state index is 0.0724. The average molecular weight is 401 g/mol. The monoisotopic (exact) mass is 401 g/mol. The number of carbonyl (C=O) groups excluding carboxylic acids is 2. The first-order chi connectivity index (χ1) is 13.0. The van der Waals surface area contributed by atoms with Gasteiger partial charge in [0.2, 0.25) is 5.91 Å². The molecule has 0 spiro atoms. The molecule has 1 aliphatic rings. The molecule has 0 saturated heterocycles. The Hall–Kier alpha value is -2.87. The number of benzene rings is 2. The van der Waals surface area contributed by atoms with Crippen molar-refractivity contribution in [2.24, 2.45) is 0 Å². The summed E-state index contributed by atoms with van der Waals surface area (Å²) in [6, 6.07) is 10.9. The molecule has 0 fully saturated rings. The molecule has 8 heteroatoms. The molecular weight excluding hydrogens is 378 g/mol. The average Bonchev–Trinajstić information content (AvgIpc) is 2.60. The number of amides is 2. The summed E-state index contributed by atoms with van der Waals surface area (Å²) >= 11 is 0. The molecule has 1 heterocycles. The number of rotatable bonds is 4. The fourth-order valence-corrected chi connectivity index (χ4v) is 3.95. The zero-order valence-corrected chi connectivity index (χ0v) is 16.8. The van der Waals surface area contributed by atoms with Crippen molar-refractivity contribution in [2.75, 3.05) is 10.0 Å². The summed E-state index contributed by atoms with van der Waals surface area (Å²) in [4.78, 5) is 23.7. The molecule has 28 heavy (non-hydrogen) atoms. The Kier molecular flexibility index (Phi) is 5.16. The first-order valence-corrected chi connectivity index (χ1v) is 10.4. The van der Waals surface area contributed by atoms with Crippen LogP contribution in [0.5, 0.6) is 0 Å². The Labute approximate surface area is 164 Å². The number of anilines is 2. The van der Waals surface area contributed by atoms with Crippen LogP contribution in [-0.4, -0.2) is 25.8 Å². The molecule has 2 amide bonds. The summed E-state index contributed by atoms with van der Waals surface area (Å²) in [5, 5.41) is 5.58. The summed E-state index contributed by atoms with van der Waals surface area (Å²) in [6.07, 6.45) is 0.837. The predicted octanol–water partition coefficient (Wildman–Crippen LogP) is 2.90. The van der Waals surface area contributed by atoms with Crippen LogP contribution in [0.4, 0.5) is 11.4 Å². The third-order valence-corrected chi connectivity index (χ3v) is 5.55. The number of fused-ring (bicyclic) bond motifs is 1. The highest BCUT2D eigenvalue weighted by atomic mass is 32.2. The standard InChI is InChI=1S/C20H23N3O4S/c1-20(2,3)22-19(25)13-4-7-15(8-5-13)23-28(26,27)16-9-10-17-14(12-16)6-11-18(24)21-17/h4-5,7-10,12,23H,6,11H2,1-3H3,(H,21,24)(H,22,25). The van der Waals surface area contributed by atoms with Crippen LogP contribution in [0.1, 0.15) is 43.1 Å². The van der Waals surface area contributed by atoms with Gasteiger partial charge < -0.3 is 10.6 Å². The lowest BCUT2D eigenvalue weighted by atomic mass is 10.0. The second-order valence-corrected chi connectivity index (χ2v) is 9.44. The quantitative estimate of drug-likeness (QED) is 0.733. The van der Waals surface area contributed by atoms with Gasteiger partial charge in [-0.3, -0.25) is 14.3 Å². The minimum Gasteiger partial charge on any atom is -0.347 e. The summed E-state index contributed by atoms with van der Waals surface area (Å²) in [5.74, 6) is -0.296. The first-order valence-electron chi connectivity index (χ1n) is 8.92. The van der Waals surface area contributed by atoms with E-state index in [2.05, 4.69) is 15.4 Å². The van der Waals surface area contributed by atoms with Crippen molar-refractivity contribution in [3.8, 4) is 0 Å². The van der Waals surface area contributed by atoms with Crippen LogP contribution in [-0.2, 0) is 21.2 Å². The zero-order valence-electron chi connectivity index (χ0n) is 16.0. The van der Waals surface area contributed by atoms with Gasteiger partial charge in [0.1, 0.15) is 0 Å². The van der Waals surface area contributed by atoms with Gasteiger partial charge in [-0.25, -0.2) is 8.42 Å². The second kappa shape index (κ2) is 7.27. The maximum Gasteiger partial charge on any atom is 0.261 e. The maximum atomic E-state index is 12.7. The second-order valence-electron chi connectivity index (χ2n) is 7.75. The number of sulfonamides is 1. The minimum atomic E-state index is -3.79. The van der Waals surface area contributed by atoms with Gasteiger partial charge in [-0.1, -0.05) is 0 Å². The van der Waals surface area contributed by atoms with Crippen molar-refractivity contribution in [1.29, 1.82) is 0 Å². The molecule has 0 atom stereocenters. The molecule has 3 rings (SSSR count). The Bertz CT molecular complexity index is 1020. The van der Waals surface area contributed by atoms with E-state index in [1.165, 1.54) is 6.07 Å². The molecule has 0 unspecified atom stereocenters. The highest BCUT2D eigenvalue weighted by Gasteiger charge is 2.20. The number of nitrogens with one attached hydrogen (secondary N) is 3.